The van der Waals surface area contributed by atoms with Crippen molar-refractivity contribution in [2.24, 2.45) is 11.8 Å². The average Bonchev–Trinajstić information content (AvgIpc) is 2.76. The lowest BCUT2D eigenvalue weighted by molar-refractivity contribution is 0.0180. The van der Waals surface area contributed by atoms with E-state index in [-0.39, 0.29) is 0 Å². The van der Waals surface area contributed by atoms with E-state index < -0.39 is 0 Å². The number of likely N-dealkylation sites (tertiary alicyclic amines) is 1. The standard InChI is InChI=1S/C14H27N3O/c1-12(13-8-15-9-13)10-16-3-2-14(11-16)17-4-6-18-7-5-17/h12-15H,2-11H2,1H3. The lowest BCUT2D eigenvalue weighted by Gasteiger charge is -2.35. The van der Waals surface area contributed by atoms with E-state index in [9.17, 15) is 0 Å². The van der Waals surface area contributed by atoms with Crippen LogP contribution >= 0.6 is 0 Å². The lowest BCUT2D eigenvalue weighted by atomic mass is 9.88. The van der Waals surface area contributed by atoms with Gasteiger partial charge in [0.15, 0.2) is 0 Å². The summed E-state index contributed by atoms with van der Waals surface area (Å²) >= 11 is 0. The van der Waals surface area contributed by atoms with Gasteiger partial charge in [0.25, 0.3) is 0 Å². The number of morpholine rings is 1. The summed E-state index contributed by atoms with van der Waals surface area (Å²) < 4.78 is 5.44. The van der Waals surface area contributed by atoms with Gasteiger partial charge in [-0.3, -0.25) is 4.90 Å². The molecule has 0 aromatic carbocycles. The molecule has 0 aromatic rings. The van der Waals surface area contributed by atoms with Crippen LogP contribution in [0.3, 0.4) is 0 Å². The molecule has 0 bridgehead atoms. The minimum absolute atomic E-state index is 0.792. The fourth-order valence-electron chi connectivity index (χ4n) is 3.49. The summed E-state index contributed by atoms with van der Waals surface area (Å²) in [7, 11) is 0. The van der Waals surface area contributed by atoms with Crippen molar-refractivity contribution in [1.82, 2.24) is 15.1 Å². The van der Waals surface area contributed by atoms with Crippen LogP contribution in [-0.2, 0) is 4.74 Å². The van der Waals surface area contributed by atoms with E-state index in [1.165, 1.54) is 39.1 Å². The third kappa shape index (κ3) is 2.87. The van der Waals surface area contributed by atoms with Crippen LogP contribution in [-0.4, -0.2) is 74.9 Å². The van der Waals surface area contributed by atoms with Crippen molar-refractivity contribution in [3.8, 4) is 0 Å². The SMILES string of the molecule is CC(CN1CCC(N2CCOCC2)C1)C1CNC1. The average molecular weight is 253 g/mol. The number of ether oxygens (including phenoxy) is 1. The van der Waals surface area contributed by atoms with Gasteiger partial charge in [0.05, 0.1) is 13.2 Å². The molecule has 104 valence electrons. The second kappa shape index (κ2) is 5.87. The number of nitrogens with one attached hydrogen (secondary N) is 1. The Hall–Kier alpha value is -0.160. The Labute approximate surface area is 111 Å². The van der Waals surface area contributed by atoms with Crippen LogP contribution in [0.2, 0.25) is 0 Å². The Balaban J connectivity index is 1.42. The Kier molecular flexibility index (Phi) is 4.19. The fraction of sp³-hybridized carbons (Fsp3) is 1.00. The van der Waals surface area contributed by atoms with Crippen molar-refractivity contribution in [2.75, 3.05) is 59.0 Å². The Bertz CT molecular complexity index is 264. The van der Waals surface area contributed by atoms with Crippen LogP contribution < -0.4 is 5.32 Å². The van der Waals surface area contributed by atoms with Gasteiger partial charge in [0.1, 0.15) is 0 Å². The van der Waals surface area contributed by atoms with Gasteiger partial charge in [-0.2, -0.15) is 0 Å². The monoisotopic (exact) mass is 253 g/mol. The van der Waals surface area contributed by atoms with E-state index in [2.05, 4.69) is 22.0 Å². The molecule has 2 unspecified atom stereocenters. The molecule has 3 heterocycles. The lowest BCUT2D eigenvalue weighted by Crippen LogP contribution is -2.48. The highest BCUT2D eigenvalue weighted by atomic mass is 16.5. The highest BCUT2D eigenvalue weighted by Gasteiger charge is 2.31. The van der Waals surface area contributed by atoms with Crippen LogP contribution in [0.15, 0.2) is 0 Å². The van der Waals surface area contributed by atoms with E-state index in [0.29, 0.717) is 0 Å². The Morgan fingerprint density at radius 1 is 1.22 bits per heavy atom. The van der Waals surface area contributed by atoms with Gasteiger partial charge in [-0.05, 0) is 37.9 Å². The van der Waals surface area contributed by atoms with Crippen molar-refractivity contribution >= 4 is 0 Å². The maximum Gasteiger partial charge on any atom is 0.0594 e. The summed E-state index contributed by atoms with van der Waals surface area (Å²) in [6.45, 7) is 12.9. The summed E-state index contributed by atoms with van der Waals surface area (Å²) in [5.74, 6) is 1.78. The molecule has 4 heteroatoms. The molecule has 0 aromatic heterocycles. The van der Waals surface area contributed by atoms with Gasteiger partial charge < -0.3 is 15.0 Å². The number of hydrogen-bond donors (Lipinski definition) is 1. The largest absolute Gasteiger partial charge is 0.379 e. The predicted octanol–water partition coefficient (Wildman–Crippen LogP) is 0.248. The molecule has 0 aliphatic carbocycles. The van der Waals surface area contributed by atoms with E-state index in [1.54, 1.807) is 0 Å². The molecule has 3 fully saturated rings. The van der Waals surface area contributed by atoms with Crippen LogP contribution in [0.1, 0.15) is 13.3 Å². The second-order valence-electron chi connectivity index (χ2n) is 6.25. The number of rotatable bonds is 4. The molecular formula is C14H27N3O. The zero-order valence-corrected chi connectivity index (χ0v) is 11.6. The normalized spacial score (nSPS) is 33.5. The van der Waals surface area contributed by atoms with Crippen LogP contribution in [0.5, 0.6) is 0 Å². The predicted molar refractivity (Wildman–Crippen MR) is 72.8 cm³/mol. The van der Waals surface area contributed by atoms with Gasteiger partial charge >= 0.3 is 0 Å². The maximum absolute atomic E-state index is 5.44. The molecule has 0 amide bonds. The quantitative estimate of drug-likeness (QED) is 0.777. The van der Waals surface area contributed by atoms with Crippen molar-refractivity contribution in [3.63, 3.8) is 0 Å². The minimum atomic E-state index is 0.792. The van der Waals surface area contributed by atoms with Gasteiger partial charge in [-0.15, -0.1) is 0 Å². The van der Waals surface area contributed by atoms with Crippen LogP contribution in [0.25, 0.3) is 0 Å². The molecule has 0 saturated carbocycles. The summed E-state index contributed by atoms with van der Waals surface area (Å²) in [5, 5.41) is 3.39. The molecule has 18 heavy (non-hydrogen) atoms. The maximum atomic E-state index is 5.44. The smallest absolute Gasteiger partial charge is 0.0594 e. The summed E-state index contributed by atoms with van der Waals surface area (Å²) in [5.41, 5.74) is 0. The molecule has 1 N–H and O–H groups in total. The molecule has 3 aliphatic rings. The highest BCUT2D eigenvalue weighted by Crippen LogP contribution is 2.22. The van der Waals surface area contributed by atoms with Crippen molar-refractivity contribution < 1.29 is 4.74 Å². The molecule has 3 rings (SSSR count). The molecule has 4 nitrogen and oxygen atoms in total. The van der Waals surface area contributed by atoms with E-state index in [0.717, 1.165) is 44.2 Å². The number of hydrogen-bond acceptors (Lipinski definition) is 4. The third-order valence-corrected chi connectivity index (χ3v) is 4.97. The van der Waals surface area contributed by atoms with Crippen molar-refractivity contribution in [3.05, 3.63) is 0 Å². The van der Waals surface area contributed by atoms with E-state index >= 15 is 0 Å². The molecular weight excluding hydrogens is 226 g/mol. The summed E-state index contributed by atoms with van der Waals surface area (Å²) in [6.07, 6.45) is 1.36. The zero-order chi connectivity index (χ0) is 12.4. The van der Waals surface area contributed by atoms with Crippen molar-refractivity contribution in [2.45, 2.75) is 19.4 Å². The molecule has 0 spiro atoms. The van der Waals surface area contributed by atoms with Gasteiger partial charge in [-0.25, -0.2) is 0 Å². The van der Waals surface area contributed by atoms with Crippen LogP contribution in [0.4, 0.5) is 0 Å². The summed E-state index contributed by atoms with van der Waals surface area (Å²) in [4.78, 5) is 5.32. The first kappa shape index (κ1) is 12.9. The van der Waals surface area contributed by atoms with E-state index in [1.807, 2.05) is 0 Å². The van der Waals surface area contributed by atoms with E-state index in [4.69, 9.17) is 4.74 Å². The Morgan fingerprint density at radius 3 is 2.67 bits per heavy atom. The highest BCUT2D eigenvalue weighted by molar-refractivity contribution is 4.87. The first-order valence-corrected chi connectivity index (χ1v) is 7.58. The minimum Gasteiger partial charge on any atom is -0.379 e. The zero-order valence-electron chi connectivity index (χ0n) is 11.6. The molecule has 3 aliphatic heterocycles. The number of nitrogens with zero attached hydrogens (tertiary/aromatic N) is 2. The molecule has 0 radical (unpaired) electrons. The fourth-order valence-corrected chi connectivity index (χ4v) is 3.49. The second-order valence-corrected chi connectivity index (χ2v) is 6.25. The van der Waals surface area contributed by atoms with Crippen molar-refractivity contribution in [1.29, 1.82) is 0 Å². The van der Waals surface area contributed by atoms with Crippen LogP contribution in [0, 0.1) is 11.8 Å². The molecule has 2 atom stereocenters. The van der Waals surface area contributed by atoms with Gasteiger partial charge in [0.2, 0.25) is 0 Å². The van der Waals surface area contributed by atoms with Gasteiger partial charge in [-0.1, -0.05) is 6.92 Å². The Morgan fingerprint density at radius 2 is 2.00 bits per heavy atom. The van der Waals surface area contributed by atoms with Gasteiger partial charge in [0, 0.05) is 32.2 Å². The first-order valence-electron chi connectivity index (χ1n) is 7.58. The first-order chi connectivity index (χ1) is 8.83. The summed E-state index contributed by atoms with van der Waals surface area (Å²) in [6, 6.07) is 0.792. The topological polar surface area (TPSA) is 27.7 Å². The third-order valence-electron chi connectivity index (χ3n) is 4.97. The molecule has 3 saturated heterocycles.